The van der Waals surface area contributed by atoms with Crippen molar-refractivity contribution < 1.29 is 19.1 Å². The van der Waals surface area contributed by atoms with E-state index in [1.165, 1.54) is 0 Å². The highest BCUT2D eigenvalue weighted by atomic mass is 32.2. The van der Waals surface area contributed by atoms with Gasteiger partial charge in [0.25, 0.3) is 0 Å². The SMILES string of the molecule is CSCC[C@@H](NC(=O)OC(C)(C)C)C(=O)N1CCC(C(=O)Nc2ccccc2)CC1. The molecule has 1 fully saturated rings. The lowest BCUT2D eigenvalue weighted by atomic mass is 9.95. The molecule has 3 amide bonds. The molecule has 0 bridgehead atoms. The summed E-state index contributed by atoms with van der Waals surface area (Å²) in [5.74, 6) is 0.496. The molecular formula is C22H33N3O4S. The number of carbonyl (C=O) groups excluding carboxylic acids is 3. The third kappa shape index (κ3) is 7.89. The number of thioether (sulfide) groups is 1. The van der Waals surface area contributed by atoms with Gasteiger partial charge in [0.1, 0.15) is 11.6 Å². The normalized spacial score (nSPS) is 15.9. The van der Waals surface area contributed by atoms with E-state index in [0.717, 1.165) is 11.4 Å². The van der Waals surface area contributed by atoms with E-state index in [1.807, 2.05) is 36.6 Å². The van der Waals surface area contributed by atoms with Crippen LogP contribution in [-0.2, 0) is 14.3 Å². The molecule has 0 saturated carbocycles. The number of nitrogens with one attached hydrogen (secondary N) is 2. The largest absolute Gasteiger partial charge is 0.444 e. The number of hydrogen-bond donors (Lipinski definition) is 2. The van der Waals surface area contributed by atoms with Gasteiger partial charge in [-0.25, -0.2) is 4.79 Å². The van der Waals surface area contributed by atoms with Crippen LogP contribution in [0.15, 0.2) is 30.3 Å². The van der Waals surface area contributed by atoms with Gasteiger partial charge < -0.3 is 20.3 Å². The molecule has 0 aliphatic carbocycles. The first-order chi connectivity index (χ1) is 14.2. The molecule has 1 aromatic rings. The second-order valence-corrected chi connectivity index (χ2v) is 9.42. The zero-order valence-corrected chi connectivity index (χ0v) is 19.1. The Kier molecular flexibility index (Phi) is 9.02. The highest BCUT2D eigenvalue weighted by molar-refractivity contribution is 7.98. The lowest BCUT2D eigenvalue weighted by molar-refractivity contribution is -0.136. The Morgan fingerprint density at radius 1 is 1.17 bits per heavy atom. The molecule has 0 aromatic heterocycles. The summed E-state index contributed by atoms with van der Waals surface area (Å²) in [5.41, 5.74) is 0.154. The average Bonchev–Trinajstić information content (AvgIpc) is 2.70. The first kappa shape index (κ1) is 24.1. The number of likely N-dealkylation sites (tertiary alicyclic amines) is 1. The smallest absolute Gasteiger partial charge is 0.408 e. The molecule has 2 N–H and O–H groups in total. The summed E-state index contributed by atoms with van der Waals surface area (Å²) in [5, 5.41) is 5.66. The molecule has 30 heavy (non-hydrogen) atoms. The van der Waals surface area contributed by atoms with Gasteiger partial charge in [-0.3, -0.25) is 9.59 Å². The van der Waals surface area contributed by atoms with Gasteiger partial charge >= 0.3 is 6.09 Å². The standard InChI is InChI=1S/C22H33N3O4S/c1-22(2,3)29-21(28)24-18(12-15-30-4)20(27)25-13-10-16(11-14-25)19(26)23-17-8-6-5-7-9-17/h5-9,16,18H,10-15H2,1-4H3,(H,23,26)(H,24,28)/t18-/m1/s1. The molecular weight excluding hydrogens is 402 g/mol. The molecule has 166 valence electrons. The van der Waals surface area contributed by atoms with Crippen molar-refractivity contribution in [3.8, 4) is 0 Å². The first-order valence-electron chi connectivity index (χ1n) is 10.3. The molecule has 1 aliphatic heterocycles. The third-order valence-electron chi connectivity index (χ3n) is 4.82. The van der Waals surface area contributed by atoms with Gasteiger partial charge in [0.05, 0.1) is 0 Å². The van der Waals surface area contributed by atoms with Crippen LogP contribution in [0.4, 0.5) is 10.5 Å². The van der Waals surface area contributed by atoms with Gasteiger partial charge in [-0.15, -0.1) is 0 Å². The van der Waals surface area contributed by atoms with Crippen molar-refractivity contribution in [3.05, 3.63) is 30.3 Å². The first-order valence-corrected chi connectivity index (χ1v) is 11.7. The summed E-state index contributed by atoms with van der Waals surface area (Å²) in [6, 6.07) is 8.75. The molecule has 7 nitrogen and oxygen atoms in total. The van der Waals surface area contributed by atoms with Gasteiger partial charge in [0.15, 0.2) is 0 Å². The van der Waals surface area contributed by atoms with Gasteiger partial charge in [-0.1, -0.05) is 18.2 Å². The maximum absolute atomic E-state index is 13.0. The second kappa shape index (κ2) is 11.2. The van der Waals surface area contributed by atoms with Crippen LogP contribution in [0.5, 0.6) is 0 Å². The van der Waals surface area contributed by atoms with Crippen molar-refractivity contribution in [2.24, 2.45) is 5.92 Å². The van der Waals surface area contributed by atoms with Gasteiger partial charge in [0, 0.05) is 24.7 Å². The minimum atomic E-state index is -0.623. The summed E-state index contributed by atoms with van der Waals surface area (Å²) in [6.07, 6.45) is 3.12. The van der Waals surface area contributed by atoms with E-state index in [9.17, 15) is 14.4 Å². The number of piperidine rings is 1. The van der Waals surface area contributed by atoms with E-state index in [2.05, 4.69) is 10.6 Å². The molecule has 1 saturated heterocycles. The molecule has 2 rings (SSSR count). The number of nitrogens with zero attached hydrogens (tertiary/aromatic N) is 1. The van der Waals surface area contributed by atoms with Crippen LogP contribution >= 0.6 is 11.8 Å². The Hall–Kier alpha value is -2.22. The topological polar surface area (TPSA) is 87.7 Å². The highest BCUT2D eigenvalue weighted by Gasteiger charge is 2.32. The van der Waals surface area contributed by atoms with Crippen LogP contribution in [0.25, 0.3) is 0 Å². The van der Waals surface area contributed by atoms with Crippen molar-refractivity contribution in [1.29, 1.82) is 0 Å². The Balaban J connectivity index is 1.89. The summed E-state index contributed by atoms with van der Waals surface area (Å²) in [4.78, 5) is 39.4. The molecule has 0 spiro atoms. The Morgan fingerprint density at radius 2 is 1.80 bits per heavy atom. The Labute approximate surface area is 183 Å². The van der Waals surface area contributed by atoms with E-state index < -0.39 is 17.7 Å². The number of amides is 3. The second-order valence-electron chi connectivity index (χ2n) is 8.44. The number of para-hydroxylation sites is 1. The zero-order valence-electron chi connectivity index (χ0n) is 18.3. The van der Waals surface area contributed by atoms with Crippen LogP contribution in [0.3, 0.4) is 0 Å². The van der Waals surface area contributed by atoms with Crippen molar-refractivity contribution in [2.75, 3.05) is 30.4 Å². The fraction of sp³-hybridized carbons (Fsp3) is 0.591. The number of alkyl carbamates (subject to hydrolysis) is 1. The van der Waals surface area contributed by atoms with E-state index >= 15 is 0 Å². The van der Waals surface area contributed by atoms with Crippen LogP contribution < -0.4 is 10.6 Å². The molecule has 1 aliphatic rings. The lowest BCUT2D eigenvalue weighted by Gasteiger charge is -2.34. The third-order valence-corrected chi connectivity index (χ3v) is 5.46. The van der Waals surface area contributed by atoms with Gasteiger partial charge in [-0.05, 0) is 64.2 Å². The van der Waals surface area contributed by atoms with Crippen LogP contribution in [0.2, 0.25) is 0 Å². The zero-order chi connectivity index (χ0) is 22.1. The molecule has 1 heterocycles. The highest BCUT2D eigenvalue weighted by Crippen LogP contribution is 2.21. The van der Waals surface area contributed by atoms with E-state index in [1.54, 1.807) is 37.4 Å². The van der Waals surface area contributed by atoms with Crippen molar-refractivity contribution in [1.82, 2.24) is 10.2 Å². The van der Waals surface area contributed by atoms with Crippen molar-refractivity contribution in [3.63, 3.8) is 0 Å². The lowest BCUT2D eigenvalue weighted by Crippen LogP contribution is -2.52. The fourth-order valence-corrected chi connectivity index (χ4v) is 3.76. The van der Waals surface area contributed by atoms with Crippen LogP contribution in [-0.4, -0.2) is 59.5 Å². The van der Waals surface area contributed by atoms with Gasteiger partial charge in [-0.2, -0.15) is 11.8 Å². The summed E-state index contributed by atoms with van der Waals surface area (Å²) in [7, 11) is 0. The predicted molar refractivity (Wildman–Crippen MR) is 121 cm³/mol. The van der Waals surface area contributed by atoms with Crippen LogP contribution in [0.1, 0.15) is 40.0 Å². The fourth-order valence-electron chi connectivity index (χ4n) is 3.29. The number of ether oxygens (including phenoxy) is 1. The minimum absolute atomic E-state index is 0.0147. The van der Waals surface area contributed by atoms with Crippen molar-refractivity contribution in [2.45, 2.75) is 51.7 Å². The summed E-state index contributed by atoms with van der Waals surface area (Å²) >= 11 is 1.62. The number of benzene rings is 1. The monoisotopic (exact) mass is 435 g/mol. The maximum atomic E-state index is 13.0. The average molecular weight is 436 g/mol. The molecule has 0 unspecified atom stereocenters. The quantitative estimate of drug-likeness (QED) is 0.684. The molecule has 0 radical (unpaired) electrons. The Morgan fingerprint density at radius 3 is 2.37 bits per heavy atom. The maximum Gasteiger partial charge on any atom is 0.408 e. The van der Waals surface area contributed by atoms with E-state index in [0.29, 0.717) is 32.4 Å². The molecule has 1 aromatic carbocycles. The number of hydrogen-bond acceptors (Lipinski definition) is 5. The number of carbonyl (C=O) groups is 3. The predicted octanol–water partition coefficient (Wildman–Crippen LogP) is 3.51. The van der Waals surface area contributed by atoms with E-state index in [-0.39, 0.29) is 17.7 Å². The van der Waals surface area contributed by atoms with E-state index in [4.69, 9.17) is 4.74 Å². The molecule has 8 heteroatoms. The molecule has 1 atom stereocenters. The number of rotatable bonds is 7. The van der Waals surface area contributed by atoms with Crippen molar-refractivity contribution >= 4 is 35.4 Å². The van der Waals surface area contributed by atoms with Gasteiger partial charge in [0.2, 0.25) is 11.8 Å². The summed E-state index contributed by atoms with van der Waals surface area (Å²) in [6.45, 7) is 6.36. The minimum Gasteiger partial charge on any atom is -0.444 e. The number of anilines is 1. The Bertz CT molecular complexity index is 713. The summed E-state index contributed by atoms with van der Waals surface area (Å²) < 4.78 is 5.31. The van der Waals surface area contributed by atoms with Crippen LogP contribution in [0, 0.1) is 5.92 Å².